The Balaban J connectivity index is 2.15. The van der Waals surface area contributed by atoms with Crippen molar-refractivity contribution in [3.05, 3.63) is 29.3 Å². The van der Waals surface area contributed by atoms with Crippen LogP contribution in [0.2, 0.25) is 0 Å². The van der Waals surface area contributed by atoms with Crippen LogP contribution in [0.25, 0.3) is 0 Å². The van der Waals surface area contributed by atoms with Gasteiger partial charge in [0, 0.05) is 6.04 Å². The third-order valence-corrected chi connectivity index (χ3v) is 3.04. The number of hydrogen-bond donors (Lipinski definition) is 1. The Bertz CT molecular complexity index is 382. The van der Waals surface area contributed by atoms with E-state index in [0.29, 0.717) is 11.8 Å². The predicted octanol–water partition coefficient (Wildman–Crippen LogP) is 2.93. The number of alkyl halides is 2. The van der Waals surface area contributed by atoms with Gasteiger partial charge in [0.15, 0.2) is 0 Å². The van der Waals surface area contributed by atoms with Crippen LogP contribution in [0.5, 0.6) is 5.75 Å². The van der Waals surface area contributed by atoms with Gasteiger partial charge in [-0.15, -0.1) is 0 Å². The molecule has 0 saturated carbocycles. The van der Waals surface area contributed by atoms with E-state index in [4.69, 9.17) is 4.74 Å². The molecule has 0 heterocycles. The van der Waals surface area contributed by atoms with Crippen molar-refractivity contribution in [2.45, 2.75) is 32.2 Å². The molecule has 1 aromatic carbocycles. The normalized spacial score (nSPS) is 18.5. The lowest BCUT2D eigenvalue weighted by Gasteiger charge is -2.14. The standard InChI is InChI=1S/C13H17F2NO/c1-2-16-11-7-6-10-9(11)4-3-5-12(10)17-8-13(14)15/h3-5,11,13,16H,2,6-8H2,1H3. The van der Waals surface area contributed by atoms with E-state index in [0.717, 1.165) is 24.9 Å². The quantitative estimate of drug-likeness (QED) is 0.855. The molecular formula is C13H17F2NO. The largest absolute Gasteiger partial charge is 0.487 e. The molecule has 0 aromatic heterocycles. The molecule has 1 aliphatic rings. The SMILES string of the molecule is CCNC1CCc2c(OCC(F)F)cccc21. The lowest BCUT2D eigenvalue weighted by atomic mass is 10.1. The molecule has 0 amide bonds. The molecule has 0 fully saturated rings. The van der Waals surface area contributed by atoms with E-state index in [9.17, 15) is 8.78 Å². The highest BCUT2D eigenvalue weighted by Crippen LogP contribution is 2.36. The molecule has 0 spiro atoms. The van der Waals surface area contributed by atoms with E-state index < -0.39 is 13.0 Å². The van der Waals surface area contributed by atoms with Gasteiger partial charge in [-0.3, -0.25) is 0 Å². The van der Waals surface area contributed by atoms with Gasteiger partial charge in [-0.2, -0.15) is 0 Å². The second-order valence-electron chi connectivity index (χ2n) is 4.17. The highest BCUT2D eigenvalue weighted by molar-refractivity contribution is 5.45. The van der Waals surface area contributed by atoms with Crippen molar-refractivity contribution in [3.8, 4) is 5.75 Å². The Morgan fingerprint density at radius 1 is 1.47 bits per heavy atom. The van der Waals surface area contributed by atoms with E-state index in [2.05, 4.69) is 12.2 Å². The molecule has 1 atom stereocenters. The molecule has 0 saturated heterocycles. The van der Waals surface area contributed by atoms with E-state index >= 15 is 0 Å². The summed E-state index contributed by atoms with van der Waals surface area (Å²) in [6, 6.07) is 6.03. The van der Waals surface area contributed by atoms with E-state index in [-0.39, 0.29) is 0 Å². The summed E-state index contributed by atoms with van der Waals surface area (Å²) in [5.74, 6) is 0.614. The Labute approximate surface area is 100.0 Å². The molecule has 0 radical (unpaired) electrons. The highest BCUT2D eigenvalue weighted by Gasteiger charge is 2.24. The number of ether oxygens (including phenoxy) is 1. The molecule has 1 aromatic rings. The highest BCUT2D eigenvalue weighted by atomic mass is 19.3. The summed E-state index contributed by atoms with van der Waals surface area (Å²) >= 11 is 0. The fourth-order valence-corrected chi connectivity index (χ4v) is 2.37. The molecule has 94 valence electrons. The van der Waals surface area contributed by atoms with Crippen LogP contribution in [0.4, 0.5) is 8.78 Å². The van der Waals surface area contributed by atoms with Crippen molar-refractivity contribution in [1.29, 1.82) is 0 Å². The fraction of sp³-hybridized carbons (Fsp3) is 0.538. The van der Waals surface area contributed by atoms with Crippen LogP contribution in [0.15, 0.2) is 18.2 Å². The molecule has 1 unspecified atom stereocenters. The first-order valence-corrected chi connectivity index (χ1v) is 5.98. The first-order chi connectivity index (χ1) is 8.22. The minimum Gasteiger partial charge on any atom is -0.487 e. The zero-order valence-electron chi connectivity index (χ0n) is 9.88. The summed E-state index contributed by atoms with van der Waals surface area (Å²) in [7, 11) is 0. The number of fused-ring (bicyclic) bond motifs is 1. The lowest BCUT2D eigenvalue weighted by molar-refractivity contribution is 0.0814. The average molecular weight is 241 g/mol. The van der Waals surface area contributed by atoms with Gasteiger partial charge in [0.2, 0.25) is 0 Å². The average Bonchev–Trinajstić information content (AvgIpc) is 2.71. The molecule has 0 aliphatic heterocycles. The van der Waals surface area contributed by atoms with Crippen molar-refractivity contribution < 1.29 is 13.5 Å². The molecule has 1 N–H and O–H groups in total. The first kappa shape index (κ1) is 12.3. The van der Waals surface area contributed by atoms with Gasteiger partial charge in [0.05, 0.1) is 0 Å². The lowest BCUT2D eigenvalue weighted by Crippen LogP contribution is -2.18. The van der Waals surface area contributed by atoms with Gasteiger partial charge in [0.25, 0.3) is 6.43 Å². The third kappa shape index (κ3) is 2.75. The summed E-state index contributed by atoms with van der Waals surface area (Å²) < 4.78 is 29.4. The summed E-state index contributed by atoms with van der Waals surface area (Å²) in [5, 5.41) is 3.39. The van der Waals surface area contributed by atoms with Gasteiger partial charge >= 0.3 is 0 Å². The Morgan fingerprint density at radius 2 is 2.29 bits per heavy atom. The van der Waals surface area contributed by atoms with Gasteiger partial charge < -0.3 is 10.1 Å². The number of benzene rings is 1. The zero-order chi connectivity index (χ0) is 12.3. The van der Waals surface area contributed by atoms with Crippen LogP contribution in [0.3, 0.4) is 0 Å². The fourth-order valence-electron chi connectivity index (χ4n) is 2.37. The summed E-state index contributed by atoms with van der Waals surface area (Å²) in [6.07, 6.45) is -0.512. The maximum Gasteiger partial charge on any atom is 0.272 e. The van der Waals surface area contributed by atoms with E-state index in [1.54, 1.807) is 6.07 Å². The molecule has 17 heavy (non-hydrogen) atoms. The van der Waals surface area contributed by atoms with Gasteiger partial charge in [0.1, 0.15) is 12.4 Å². The van der Waals surface area contributed by atoms with Crippen LogP contribution in [0.1, 0.15) is 30.5 Å². The second kappa shape index (κ2) is 5.45. The van der Waals surface area contributed by atoms with Crippen molar-refractivity contribution in [3.63, 3.8) is 0 Å². The summed E-state index contributed by atoms with van der Waals surface area (Å²) in [6.45, 7) is 2.45. The predicted molar refractivity (Wildman–Crippen MR) is 62.7 cm³/mol. The van der Waals surface area contributed by atoms with Crippen molar-refractivity contribution in [1.82, 2.24) is 5.32 Å². The topological polar surface area (TPSA) is 21.3 Å². The Morgan fingerprint density at radius 3 is 3.00 bits per heavy atom. The monoisotopic (exact) mass is 241 g/mol. The smallest absolute Gasteiger partial charge is 0.272 e. The van der Waals surface area contributed by atoms with Crippen molar-refractivity contribution in [2.24, 2.45) is 0 Å². The first-order valence-electron chi connectivity index (χ1n) is 5.98. The minimum atomic E-state index is -2.42. The zero-order valence-corrected chi connectivity index (χ0v) is 9.88. The van der Waals surface area contributed by atoms with Crippen LogP contribution in [0, 0.1) is 0 Å². The van der Waals surface area contributed by atoms with Crippen molar-refractivity contribution in [2.75, 3.05) is 13.2 Å². The molecule has 0 bridgehead atoms. The van der Waals surface area contributed by atoms with Crippen LogP contribution in [-0.4, -0.2) is 19.6 Å². The van der Waals surface area contributed by atoms with Gasteiger partial charge in [-0.25, -0.2) is 8.78 Å². The van der Waals surface area contributed by atoms with Gasteiger partial charge in [-0.1, -0.05) is 19.1 Å². The Hall–Kier alpha value is -1.16. The summed E-state index contributed by atoms with van der Waals surface area (Å²) in [4.78, 5) is 0. The second-order valence-corrected chi connectivity index (χ2v) is 4.17. The molecule has 4 heteroatoms. The van der Waals surface area contributed by atoms with E-state index in [1.807, 2.05) is 12.1 Å². The van der Waals surface area contributed by atoms with Crippen LogP contribution < -0.4 is 10.1 Å². The van der Waals surface area contributed by atoms with Crippen LogP contribution >= 0.6 is 0 Å². The third-order valence-electron chi connectivity index (χ3n) is 3.04. The molecule has 1 aliphatic carbocycles. The number of nitrogens with one attached hydrogen (secondary N) is 1. The Kier molecular flexibility index (Phi) is 3.94. The molecule has 2 nitrogen and oxygen atoms in total. The number of hydrogen-bond acceptors (Lipinski definition) is 2. The van der Waals surface area contributed by atoms with Crippen molar-refractivity contribution >= 4 is 0 Å². The van der Waals surface area contributed by atoms with Gasteiger partial charge in [-0.05, 0) is 36.6 Å². The van der Waals surface area contributed by atoms with Crippen LogP contribution in [-0.2, 0) is 6.42 Å². The number of rotatable bonds is 5. The molecule has 2 rings (SSSR count). The van der Waals surface area contributed by atoms with E-state index in [1.165, 1.54) is 5.56 Å². The number of halogens is 2. The summed E-state index contributed by atoms with van der Waals surface area (Å²) in [5.41, 5.74) is 2.28. The maximum absolute atomic E-state index is 12.1. The molecular weight excluding hydrogens is 224 g/mol. The maximum atomic E-state index is 12.1. The minimum absolute atomic E-state index is 0.338.